The summed E-state index contributed by atoms with van der Waals surface area (Å²) in [5.41, 5.74) is 5.45. The fourth-order valence-corrected chi connectivity index (χ4v) is 1.01. The molecule has 0 bridgehead atoms. The Morgan fingerprint density at radius 1 is 1.50 bits per heavy atom. The maximum absolute atomic E-state index is 7.32. The monoisotopic (exact) mass is 193 g/mol. The predicted molar refractivity (Wildman–Crippen MR) is 55.6 cm³/mol. The first-order valence-corrected chi connectivity index (χ1v) is 4.38. The van der Waals surface area contributed by atoms with E-state index in [9.17, 15) is 0 Å². The molecule has 3 N–H and O–H groups in total. The van der Waals surface area contributed by atoms with Gasteiger partial charge in [-0.15, -0.1) is 0 Å². The third kappa shape index (κ3) is 2.73. The van der Waals surface area contributed by atoms with Gasteiger partial charge in [-0.05, 0) is 32.9 Å². The molecule has 4 nitrogen and oxygen atoms in total. The number of hydrogen-bond acceptors (Lipinski definition) is 3. The molecule has 0 radical (unpaired) electrons. The zero-order valence-electron chi connectivity index (χ0n) is 8.66. The Bertz CT molecular complexity index is 341. The molecule has 4 heteroatoms. The van der Waals surface area contributed by atoms with Crippen LogP contribution in [-0.4, -0.2) is 16.4 Å². The van der Waals surface area contributed by atoms with Crippen LogP contribution < -0.4 is 10.5 Å². The molecule has 0 saturated heterocycles. The fourth-order valence-electron chi connectivity index (χ4n) is 1.01. The van der Waals surface area contributed by atoms with E-state index >= 15 is 0 Å². The Balaban J connectivity index is 3.02. The number of nitrogens with one attached hydrogen (secondary N) is 1. The van der Waals surface area contributed by atoms with Crippen molar-refractivity contribution in [1.82, 2.24) is 4.98 Å². The summed E-state index contributed by atoms with van der Waals surface area (Å²) in [6.45, 7) is 5.80. The van der Waals surface area contributed by atoms with Gasteiger partial charge in [-0.25, -0.2) is 4.98 Å². The molecular formula is C10H15N3O. The van der Waals surface area contributed by atoms with E-state index in [2.05, 4.69) is 4.98 Å². The highest BCUT2D eigenvalue weighted by Gasteiger charge is 2.15. The first-order chi connectivity index (χ1) is 6.40. The minimum atomic E-state index is -0.312. The second-order valence-corrected chi connectivity index (χ2v) is 3.98. The van der Waals surface area contributed by atoms with Crippen molar-refractivity contribution >= 4 is 5.84 Å². The van der Waals surface area contributed by atoms with Crippen molar-refractivity contribution < 1.29 is 4.74 Å². The molecule has 0 aliphatic rings. The van der Waals surface area contributed by atoms with Gasteiger partial charge < -0.3 is 10.5 Å². The lowest BCUT2D eigenvalue weighted by Crippen LogP contribution is -2.25. The molecule has 0 saturated carbocycles. The van der Waals surface area contributed by atoms with Gasteiger partial charge in [-0.3, -0.25) is 5.41 Å². The summed E-state index contributed by atoms with van der Waals surface area (Å²) >= 11 is 0. The molecule has 1 heterocycles. The van der Waals surface area contributed by atoms with E-state index in [1.54, 1.807) is 18.3 Å². The summed E-state index contributed by atoms with van der Waals surface area (Å²) in [6.07, 6.45) is 1.59. The van der Waals surface area contributed by atoms with Crippen LogP contribution in [0, 0.1) is 5.41 Å². The fraction of sp³-hybridized carbons (Fsp3) is 0.400. The van der Waals surface area contributed by atoms with Gasteiger partial charge in [0, 0.05) is 6.20 Å². The molecule has 0 spiro atoms. The van der Waals surface area contributed by atoms with Crippen LogP contribution in [0.2, 0.25) is 0 Å². The molecule has 0 amide bonds. The van der Waals surface area contributed by atoms with Crippen LogP contribution >= 0.6 is 0 Å². The maximum Gasteiger partial charge on any atom is 0.149 e. The van der Waals surface area contributed by atoms with Crippen LogP contribution in [0.4, 0.5) is 0 Å². The quantitative estimate of drug-likeness (QED) is 0.552. The largest absolute Gasteiger partial charge is 0.486 e. The van der Waals surface area contributed by atoms with E-state index in [1.165, 1.54) is 0 Å². The number of amidine groups is 1. The first-order valence-electron chi connectivity index (χ1n) is 4.38. The highest BCUT2D eigenvalue weighted by atomic mass is 16.5. The number of ether oxygens (including phenoxy) is 1. The number of hydrogen-bond donors (Lipinski definition) is 2. The van der Waals surface area contributed by atoms with Crippen LogP contribution in [0.1, 0.15) is 26.5 Å². The molecule has 0 aliphatic heterocycles. The number of nitrogens with zero attached hydrogens (tertiary/aromatic N) is 1. The van der Waals surface area contributed by atoms with Crippen molar-refractivity contribution in [3.05, 3.63) is 24.0 Å². The number of rotatable bonds is 2. The predicted octanol–water partition coefficient (Wildman–Crippen LogP) is 1.54. The molecule has 76 valence electrons. The highest BCUT2D eigenvalue weighted by molar-refractivity contribution is 5.95. The van der Waals surface area contributed by atoms with Crippen LogP contribution in [0.3, 0.4) is 0 Å². The van der Waals surface area contributed by atoms with Crippen LogP contribution in [0.25, 0.3) is 0 Å². The molecule has 1 rings (SSSR count). The van der Waals surface area contributed by atoms with Gasteiger partial charge >= 0.3 is 0 Å². The molecule has 0 fully saturated rings. The average Bonchev–Trinajstić information content (AvgIpc) is 2.01. The number of pyridine rings is 1. The number of aromatic nitrogens is 1. The lowest BCUT2D eigenvalue weighted by molar-refractivity contribution is 0.130. The van der Waals surface area contributed by atoms with E-state index < -0.39 is 0 Å². The first kappa shape index (κ1) is 10.5. The standard InChI is InChI=1S/C10H15N3O/c1-10(2,3)14-7-5-4-6-13-8(7)9(11)12/h4-6H,1-3H3,(H3,11,12). The van der Waals surface area contributed by atoms with Crippen molar-refractivity contribution in [2.75, 3.05) is 0 Å². The summed E-state index contributed by atoms with van der Waals surface area (Å²) < 4.78 is 5.61. The van der Waals surface area contributed by atoms with Crippen molar-refractivity contribution in [1.29, 1.82) is 5.41 Å². The lowest BCUT2D eigenvalue weighted by Gasteiger charge is -2.22. The average molecular weight is 193 g/mol. The van der Waals surface area contributed by atoms with Crippen LogP contribution in [-0.2, 0) is 0 Å². The van der Waals surface area contributed by atoms with Gasteiger partial charge in [0.25, 0.3) is 0 Å². The van der Waals surface area contributed by atoms with Crippen molar-refractivity contribution in [2.45, 2.75) is 26.4 Å². The summed E-state index contributed by atoms with van der Waals surface area (Å²) in [6, 6.07) is 3.52. The zero-order chi connectivity index (χ0) is 10.8. The van der Waals surface area contributed by atoms with Gasteiger partial charge in [-0.2, -0.15) is 0 Å². The van der Waals surface area contributed by atoms with Crippen molar-refractivity contribution in [3.63, 3.8) is 0 Å². The van der Waals surface area contributed by atoms with Crippen LogP contribution in [0.5, 0.6) is 5.75 Å². The van der Waals surface area contributed by atoms with Gasteiger partial charge in [0.05, 0.1) is 0 Å². The molecule has 1 aromatic heterocycles. The van der Waals surface area contributed by atoms with Crippen molar-refractivity contribution in [3.8, 4) is 5.75 Å². The maximum atomic E-state index is 7.32. The molecule has 1 aromatic rings. The molecule has 0 aromatic carbocycles. The van der Waals surface area contributed by atoms with Gasteiger partial charge in [0.2, 0.25) is 0 Å². The van der Waals surface area contributed by atoms with E-state index in [-0.39, 0.29) is 11.4 Å². The summed E-state index contributed by atoms with van der Waals surface area (Å²) in [5, 5.41) is 7.32. The number of nitrogen functional groups attached to an aromatic ring is 1. The highest BCUT2D eigenvalue weighted by Crippen LogP contribution is 2.20. The topological polar surface area (TPSA) is 72.0 Å². The van der Waals surface area contributed by atoms with Crippen LogP contribution in [0.15, 0.2) is 18.3 Å². The van der Waals surface area contributed by atoms with E-state index in [4.69, 9.17) is 15.9 Å². The molecular weight excluding hydrogens is 178 g/mol. The minimum absolute atomic E-state index is 0.0788. The summed E-state index contributed by atoms with van der Waals surface area (Å²) in [7, 11) is 0. The van der Waals surface area contributed by atoms with E-state index in [0.717, 1.165) is 0 Å². The third-order valence-corrected chi connectivity index (χ3v) is 1.44. The van der Waals surface area contributed by atoms with Crippen molar-refractivity contribution in [2.24, 2.45) is 5.73 Å². The molecule has 0 aliphatic carbocycles. The van der Waals surface area contributed by atoms with E-state index in [0.29, 0.717) is 11.4 Å². The smallest absolute Gasteiger partial charge is 0.149 e. The minimum Gasteiger partial charge on any atom is -0.486 e. The Morgan fingerprint density at radius 3 is 2.64 bits per heavy atom. The summed E-state index contributed by atoms with van der Waals surface area (Å²) in [4.78, 5) is 3.99. The van der Waals surface area contributed by atoms with E-state index in [1.807, 2.05) is 20.8 Å². The third-order valence-electron chi connectivity index (χ3n) is 1.44. The Labute approximate surface area is 83.6 Å². The van der Waals surface area contributed by atoms with Gasteiger partial charge in [0.1, 0.15) is 22.9 Å². The Morgan fingerprint density at radius 2 is 2.14 bits per heavy atom. The molecule has 0 atom stereocenters. The van der Waals surface area contributed by atoms with Gasteiger partial charge in [-0.1, -0.05) is 0 Å². The number of nitrogens with two attached hydrogens (primary N) is 1. The second-order valence-electron chi connectivity index (χ2n) is 3.98. The zero-order valence-corrected chi connectivity index (χ0v) is 8.66. The normalized spacial score (nSPS) is 11.1. The second kappa shape index (κ2) is 3.65. The lowest BCUT2D eigenvalue weighted by atomic mass is 10.2. The van der Waals surface area contributed by atoms with Gasteiger partial charge in [0.15, 0.2) is 0 Å². The Hall–Kier alpha value is -1.58. The molecule has 14 heavy (non-hydrogen) atoms. The summed E-state index contributed by atoms with van der Waals surface area (Å²) in [5.74, 6) is 0.470. The Kier molecular flexibility index (Phi) is 2.74. The SMILES string of the molecule is CC(C)(C)Oc1cccnc1C(=N)N. The molecule has 0 unspecified atom stereocenters.